The minimum absolute atomic E-state index is 0.0497. The molecule has 2 aliphatic heterocycles. The molecule has 11 heteroatoms. The monoisotopic (exact) mass is 521 g/mol. The van der Waals surface area contributed by atoms with Crippen molar-refractivity contribution in [2.24, 2.45) is 10.1 Å². The summed E-state index contributed by atoms with van der Waals surface area (Å²) in [6.07, 6.45) is 4.81. The summed E-state index contributed by atoms with van der Waals surface area (Å²) in [5, 5.41) is 15.5. The molecular formula is C25H17ClFN5O3S. The Hall–Kier alpha value is -4.02. The zero-order chi connectivity index (χ0) is 25.2. The maximum atomic E-state index is 13.1. The third-order valence-electron chi connectivity index (χ3n) is 5.22. The highest BCUT2D eigenvalue weighted by Gasteiger charge is 2.36. The molecule has 3 aromatic rings. The highest BCUT2D eigenvalue weighted by atomic mass is 35.5. The van der Waals surface area contributed by atoms with Crippen LogP contribution < -0.4 is 9.47 Å². The number of carbonyl (C=O) groups excluding carboxylic acids is 1. The van der Waals surface area contributed by atoms with Gasteiger partial charge in [-0.05, 0) is 65.4 Å². The summed E-state index contributed by atoms with van der Waals surface area (Å²) in [7, 11) is 1.47. The Labute approximate surface area is 214 Å². The number of hydrogen-bond donors (Lipinski definition) is 1. The molecule has 2 aliphatic rings. The molecule has 0 atom stereocenters. The van der Waals surface area contributed by atoms with Crippen LogP contribution in [-0.4, -0.2) is 39.1 Å². The molecule has 180 valence electrons. The second-order valence-electron chi connectivity index (χ2n) is 7.62. The number of carbonyl (C=O) groups is 1. The van der Waals surface area contributed by atoms with Crippen molar-refractivity contribution in [3.05, 3.63) is 94.0 Å². The summed E-state index contributed by atoms with van der Waals surface area (Å²) in [4.78, 5) is 21.0. The number of aromatic nitrogens is 1. The quantitative estimate of drug-likeness (QED) is 0.451. The zero-order valence-corrected chi connectivity index (χ0v) is 20.3. The molecular weight excluding hydrogens is 505 g/mol. The average molecular weight is 522 g/mol. The molecule has 1 N–H and O–H groups in total. The van der Waals surface area contributed by atoms with Gasteiger partial charge in [-0.15, -0.1) is 0 Å². The predicted octanol–water partition coefficient (Wildman–Crippen LogP) is 5.13. The molecule has 0 fully saturated rings. The number of pyridine rings is 1. The highest BCUT2D eigenvalue weighted by Crippen LogP contribution is 2.38. The van der Waals surface area contributed by atoms with E-state index in [0.29, 0.717) is 27.3 Å². The van der Waals surface area contributed by atoms with E-state index in [9.17, 15) is 9.18 Å². The fraction of sp³-hybridized carbons (Fsp3) is 0.0800. The molecule has 0 spiro atoms. The lowest BCUT2D eigenvalue weighted by Gasteiger charge is -2.20. The number of nitrogens with one attached hydrogen (secondary N) is 1. The van der Waals surface area contributed by atoms with Gasteiger partial charge in [0.05, 0.1) is 17.7 Å². The first-order chi connectivity index (χ1) is 17.4. The number of fused-ring (bicyclic) bond motifs is 1. The van der Waals surface area contributed by atoms with E-state index < -0.39 is 5.91 Å². The summed E-state index contributed by atoms with van der Waals surface area (Å²) in [6, 6.07) is 12.8. The van der Waals surface area contributed by atoms with Crippen LogP contribution in [0.5, 0.6) is 11.5 Å². The zero-order valence-electron chi connectivity index (χ0n) is 18.7. The first kappa shape index (κ1) is 23.7. The van der Waals surface area contributed by atoms with E-state index in [4.69, 9.17) is 26.5 Å². The first-order valence-electron chi connectivity index (χ1n) is 10.6. The molecule has 1 amide bonds. The second kappa shape index (κ2) is 9.92. The van der Waals surface area contributed by atoms with E-state index in [1.54, 1.807) is 42.7 Å². The molecule has 8 nitrogen and oxygen atoms in total. The van der Waals surface area contributed by atoms with Gasteiger partial charge in [-0.25, -0.2) is 4.39 Å². The number of methoxy groups -OCH3 is 1. The van der Waals surface area contributed by atoms with E-state index in [1.807, 2.05) is 6.07 Å². The van der Waals surface area contributed by atoms with Crippen LogP contribution in [0.1, 0.15) is 16.7 Å². The van der Waals surface area contributed by atoms with Gasteiger partial charge >= 0.3 is 0 Å². The fourth-order valence-corrected chi connectivity index (χ4v) is 4.62. The average Bonchev–Trinajstić information content (AvgIpc) is 3.31. The summed E-state index contributed by atoms with van der Waals surface area (Å²) < 4.78 is 24.4. The number of hydrogen-bond acceptors (Lipinski definition) is 7. The number of amidine groups is 2. The van der Waals surface area contributed by atoms with Crippen molar-refractivity contribution in [2.45, 2.75) is 6.61 Å². The van der Waals surface area contributed by atoms with Gasteiger partial charge in [-0.2, -0.15) is 15.1 Å². The Kier molecular flexibility index (Phi) is 6.53. The van der Waals surface area contributed by atoms with Crippen molar-refractivity contribution < 1.29 is 18.7 Å². The summed E-state index contributed by atoms with van der Waals surface area (Å²) in [6.45, 7) is 0.154. The van der Waals surface area contributed by atoms with Crippen molar-refractivity contribution in [1.29, 1.82) is 5.41 Å². The highest BCUT2D eigenvalue weighted by molar-refractivity contribution is 8.27. The van der Waals surface area contributed by atoms with Crippen molar-refractivity contribution in [3.63, 3.8) is 0 Å². The van der Waals surface area contributed by atoms with E-state index in [0.717, 1.165) is 11.1 Å². The number of halogens is 2. The number of rotatable bonds is 6. The van der Waals surface area contributed by atoms with Gasteiger partial charge in [0.2, 0.25) is 5.17 Å². The third-order valence-corrected chi connectivity index (χ3v) is 6.46. The van der Waals surface area contributed by atoms with Crippen LogP contribution in [0.2, 0.25) is 5.02 Å². The van der Waals surface area contributed by atoms with Gasteiger partial charge < -0.3 is 9.47 Å². The number of ether oxygens (including phenoxy) is 2. The molecule has 5 rings (SSSR count). The van der Waals surface area contributed by atoms with Crippen LogP contribution in [0.15, 0.2) is 76.6 Å². The molecule has 0 saturated carbocycles. The predicted molar refractivity (Wildman–Crippen MR) is 137 cm³/mol. The van der Waals surface area contributed by atoms with Gasteiger partial charge in [0.15, 0.2) is 17.3 Å². The second-order valence-corrected chi connectivity index (χ2v) is 8.98. The maximum Gasteiger partial charge on any atom is 0.283 e. The van der Waals surface area contributed by atoms with Gasteiger partial charge in [-0.3, -0.25) is 15.2 Å². The number of hydrazone groups is 1. The van der Waals surface area contributed by atoms with E-state index in [2.05, 4.69) is 15.1 Å². The standard InChI is InChI=1S/C25H17ClFN5O3S/c1-34-20-11-15(10-19(26)21(20)35-13-14-4-6-17(27)7-5-14)9-18-22(28)32-25(30-23(18)33)36-24(31-32)16-3-2-8-29-12-16/h2-12,28H,13H2,1H3/b18-9-,28-22?. The number of nitrogens with zero attached hydrogens (tertiary/aromatic N) is 4. The molecule has 3 heterocycles. The lowest BCUT2D eigenvalue weighted by molar-refractivity contribution is -0.114. The number of thioether (sulfide) groups is 1. The topological polar surface area (TPSA) is 100 Å². The van der Waals surface area contributed by atoms with Crippen LogP contribution in [0.25, 0.3) is 6.08 Å². The lowest BCUT2D eigenvalue weighted by atomic mass is 10.1. The number of amides is 1. The van der Waals surface area contributed by atoms with E-state index >= 15 is 0 Å². The maximum absolute atomic E-state index is 13.1. The summed E-state index contributed by atoms with van der Waals surface area (Å²) in [5.74, 6) is -0.365. The lowest BCUT2D eigenvalue weighted by Crippen LogP contribution is -2.35. The van der Waals surface area contributed by atoms with Crippen molar-refractivity contribution in [1.82, 2.24) is 9.99 Å². The smallest absolute Gasteiger partial charge is 0.283 e. The van der Waals surface area contributed by atoms with Crippen LogP contribution in [0.3, 0.4) is 0 Å². The summed E-state index contributed by atoms with van der Waals surface area (Å²) >= 11 is 7.67. The Morgan fingerprint density at radius 2 is 2.03 bits per heavy atom. The van der Waals surface area contributed by atoms with Gasteiger partial charge in [0, 0.05) is 18.0 Å². The van der Waals surface area contributed by atoms with Gasteiger partial charge in [0.25, 0.3) is 5.91 Å². The molecule has 0 saturated heterocycles. The van der Waals surface area contributed by atoms with E-state index in [1.165, 1.54) is 42.1 Å². The molecule has 36 heavy (non-hydrogen) atoms. The van der Waals surface area contributed by atoms with Crippen LogP contribution in [-0.2, 0) is 11.4 Å². The Balaban J connectivity index is 1.41. The van der Waals surface area contributed by atoms with Crippen LogP contribution in [0, 0.1) is 11.2 Å². The number of aliphatic imine (C=N–C) groups is 1. The van der Waals surface area contributed by atoms with Crippen molar-refractivity contribution in [3.8, 4) is 11.5 Å². The van der Waals surface area contributed by atoms with Crippen molar-refractivity contribution in [2.75, 3.05) is 7.11 Å². The largest absolute Gasteiger partial charge is 0.493 e. The minimum atomic E-state index is -0.562. The van der Waals surface area contributed by atoms with Crippen LogP contribution >= 0.6 is 23.4 Å². The first-order valence-corrected chi connectivity index (χ1v) is 11.8. The summed E-state index contributed by atoms with van der Waals surface area (Å²) in [5.41, 5.74) is 2.08. The number of benzene rings is 2. The SMILES string of the molecule is COc1cc(/C=C2/C(=N)N3N=C(c4cccnc4)SC3=NC2=O)cc(Cl)c1OCc1ccc(F)cc1. The van der Waals surface area contributed by atoms with Crippen molar-refractivity contribution >= 4 is 51.4 Å². The molecule has 0 aliphatic carbocycles. The third kappa shape index (κ3) is 4.73. The Bertz CT molecular complexity index is 1460. The Morgan fingerprint density at radius 3 is 2.75 bits per heavy atom. The molecule has 2 aromatic carbocycles. The molecule has 0 unspecified atom stereocenters. The Morgan fingerprint density at radius 1 is 1.22 bits per heavy atom. The molecule has 0 bridgehead atoms. The van der Waals surface area contributed by atoms with Gasteiger partial charge in [-0.1, -0.05) is 23.7 Å². The minimum Gasteiger partial charge on any atom is -0.493 e. The molecule has 0 radical (unpaired) electrons. The molecule has 1 aromatic heterocycles. The normalized spacial score (nSPS) is 16.1. The van der Waals surface area contributed by atoms with Crippen LogP contribution in [0.4, 0.5) is 4.39 Å². The van der Waals surface area contributed by atoms with E-state index in [-0.39, 0.29) is 28.9 Å². The van der Waals surface area contributed by atoms with Gasteiger partial charge in [0.1, 0.15) is 17.5 Å². The fourth-order valence-electron chi connectivity index (χ4n) is 3.46.